The van der Waals surface area contributed by atoms with Gasteiger partial charge in [-0.3, -0.25) is 0 Å². The number of rotatable bonds is 0. The first-order valence-electron chi connectivity index (χ1n) is 12.2. The molecule has 0 atom stereocenters. The Morgan fingerprint density at radius 1 is 0.278 bits per heavy atom. The van der Waals surface area contributed by atoms with Crippen LogP contribution >= 0.6 is 23.2 Å². The van der Waals surface area contributed by atoms with Crippen LogP contribution < -0.4 is 0 Å². The molecule has 9 aromatic carbocycles. The van der Waals surface area contributed by atoms with Crippen LogP contribution in [0.25, 0.3) is 86.2 Å². The Bertz CT molecular complexity index is 2200. The number of halogens is 2. The van der Waals surface area contributed by atoms with Crippen molar-refractivity contribution in [2.75, 3.05) is 0 Å². The van der Waals surface area contributed by atoms with Crippen molar-refractivity contribution in [3.05, 3.63) is 107 Å². The molecule has 0 radical (unpaired) electrons. The fraction of sp³-hybridized carbons (Fsp3) is 0. The van der Waals surface area contributed by atoms with Crippen molar-refractivity contribution < 1.29 is 0 Å². The van der Waals surface area contributed by atoms with Gasteiger partial charge in [-0.05, 0) is 76.8 Å². The third-order valence-corrected chi connectivity index (χ3v) is 8.86. The lowest BCUT2D eigenvalue weighted by Gasteiger charge is -2.22. The van der Waals surface area contributed by atoms with Gasteiger partial charge in [-0.25, -0.2) is 0 Å². The monoisotopic (exact) mass is 494 g/mol. The second kappa shape index (κ2) is 6.48. The molecule has 0 fully saturated rings. The van der Waals surface area contributed by atoms with Gasteiger partial charge in [0.05, 0.1) is 0 Å². The Balaban J connectivity index is 1.79. The summed E-state index contributed by atoms with van der Waals surface area (Å²) in [4.78, 5) is 0. The van der Waals surface area contributed by atoms with E-state index in [0.717, 1.165) is 20.8 Å². The molecule has 0 unspecified atom stereocenters. The average molecular weight is 495 g/mol. The van der Waals surface area contributed by atoms with E-state index in [1.54, 1.807) is 0 Å². The molecule has 0 aliphatic carbocycles. The molecule has 9 rings (SSSR count). The number of hydrogen-bond acceptors (Lipinski definition) is 0. The van der Waals surface area contributed by atoms with Crippen molar-refractivity contribution in [3.8, 4) is 0 Å². The molecule has 0 saturated carbocycles. The maximum absolute atomic E-state index is 7.02. The van der Waals surface area contributed by atoms with E-state index >= 15 is 0 Å². The van der Waals surface area contributed by atoms with Crippen LogP contribution in [0.2, 0.25) is 10.0 Å². The largest absolute Gasteiger partial charge is 0.0836 e. The van der Waals surface area contributed by atoms with Gasteiger partial charge in [-0.1, -0.05) is 108 Å². The molecule has 0 aliphatic heterocycles. The van der Waals surface area contributed by atoms with E-state index in [0.29, 0.717) is 0 Å². The SMILES string of the molecule is Clc1ccc2c3c4cccc5cccc(c6c(Cl)ccc(c7c8cccc9cccc(c1c27)c98)c63)c54. The first kappa shape index (κ1) is 19.4. The second-order valence-electron chi connectivity index (χ2n) is 9.86. The van der Waals surface area contributed by atoms with E-state index in [9.17, 15) is 0 Å². The van der Waals surface area contributed by atoms with Crippen LogP contribution in [-0.2, 0) is 0 Å². The van der Waals surface area contributed by atoms with Crippen molar-refractivity contribution >= 4 is 109 Å². The molecule has 0 heterocycles. The van der Waals surface area contributed by atoms with Gasteiger partial charge in [0.2, 0.25) is 0 Å². The summed E-state index contributed by atoms with van der Waals surface area (Å²) in [5.41, 5.74) is 0. The van der Waals surface area contributed by atoms with Gasteiger partial charge in [0.25, 0.3) is 0 Å². The molecule has 0 spiro atoms. The zero-order chi connectivity index (χ0) is 23.7. The third kappa shape index (κ3) is 2.11. The quantitative estimate of drug-likeness (QED) is 0.145. The number of fused-ring (bicyclic) bond motifs is 6. The van der Waals surface area contributed by atoms with E-state index in [1.165, 1.54) is 75.4 Å². The van der Waals surface area contributed by atoms with Gasteiger partial charge >= 0.3 is 0 Å². The second-order valence-corrected chi connectivity index (χ2v) is 10.7. The van der Waals surface area contributed by atoms with Crippen LogP contribution in [0.1, 0.15) is 0 Å². The summed E-state index contributed by atoms with van der Waals surface area (Å²) in [5.74, 6) is 0. The Morgan fingerprint density at radius 2 is 0.611 bits per heavy atom. The Labute approximate surface area is 215 Å². The molecule has 0 N–H and O–H groups in total. The third-order valence-electron chi connectivity index (χ3n) is 8.23. The van der Waals surface area contributed by atoms with Crippen LogP contribution in [0.5, 0.6) is 0 Å². The van der Waals surface area contributed by atoms with Crippen LogP contribution in [0.3, 0.4) is 0 Å². The molecule has 9 aromatic rings. The van der Waals surface area contributed by atoms with E-state index < -0.39 is 0 Å². The standard InChI is InChI=1S/C34H16Cl2/c35-25-16-14-24-30-20-10-2-6-18-8-4-12-22(28(18)20)32-26(36)15-13-23(34(30)32)29-19-9-1-5-17-7-3-11-21(27(17)19)31(25)33(24)29/h1-16H. The first-order chi connectivity index (χ1) is 17.7. The molecule has 166 valence electrons. The van der Waals surface area contributed by atoms with Crippen molar-refractivity contribution in [2.24, 2.45) is 0 Å². The van der Waals surface area contributed by atoms with E-state index in [1.807, 2.05) is 0 Å². The normalized spacial score (nSPS) is 12.7. The zero-order valence-electron chi connectivity index (χ0n) is 19.0. The smallest absolute Gasteiger partial charge is 0.0491 e. The minimum atomic E-state index is 0.793. The summed E-state index contributed by atoms with van der Waals surface area (Å²) in [6, 6.07) is 34.9. The fourth-order valence-corrected chi connectivity index (χ4v) is 7.48. The van der Waals surface area contributed by atoms with Gasteiger partial charge < -0.3 is 0 Å². The Hall–Kier alpha value is -3.84. The molecule has 36 heavy (non-hydrogen) atoms. The van der Waals surface area contributed by atoms with E-state index in [-0.39, 0.29) is 0 Å². The van der Waals surface area contributed by atoms with Gasteiger partial charge in [-0.15, -0.1) is 0 Å². The van der Waals surface area contributed by atoms with Crippen molar-refractivity contribution in [1.82, 2.24) is 0 Å². The fourth-order valence-electron chi connectivity index (χ4n) is 6.96. The molecular formula is C34H16Cl2. The maximum Gasteiger partial charge on any atom is 0.0491 e. The summed E-state index contributed by atoms with van der Waals surface area (Å²) in [6.45, 7) is 0. The van der Waals surface area contributed by atoms with Crippen molar-refractivity contribution in [2.45, 2.75) is 0 Å². The first-order valence-corrected chi connectivity index (χ1v) is 12.9. The van der Waals surface area contributed by atoms with E-state index in [2.05, 4.69) is 97.1 Å². The Kier molecular flexibility index (Phi) is 3.48. The highest BCUT2D eigenvalue weighted by atomic mass is 35.5. The minimum Gasteiger partial charge on any atom is -0.0836 e. The lowest BCUT2D eigenvalue weighted by atomic mass is 9.82. The van der Waals surface area contributed by atoms with Crippen LogP contribution in [-0.4, -0.2) is 0 Å². The van der Waals surface area contributed by atoms with Gasteiger partial charge in [0.1, 0.15) is 0 Å². The van der Waals surface area contributed by atoms with Gasteiger partial charge in [0, 0.05) is 31.6 Å². The lowest BCUT2D eigenvalue weighted by molar-refractivity contribution is 1.79. The minimum absolute atomic E-state index is 0.793. The topological polar surface area (TPSA) is 0 Å². The van der Waals surface area contributed by atoms with Gasteiger partial charge in [-0.2, -0.15) is 0 Å². The maximum atomic E-state index is 7.02. The molecule has 0 saturated heterocycles. The number of benzene rings is 9. The lowest BCUT2D eigenvalue weighted by Crippen LogP contribution is -1.93. The zero-order valence-corrected chi connectivity index (χ0v) is 20.5. The summed E-state index contributed by atoms with van der Waals surface area (Å²) >= 11 is 14.0. The predicted octanol–water partition coefficient (Wildman–Crippen LogP) is 11.1. The average Bonchev–Trinajstić information content (AvgIpc) is 2.91. The molecule has 0 amide bonds. The molecule has 0 bridgehead atoms. The molecule has 0 aliphatic rings. The highest BCUT2D eigenvalue weighted by molar-refractivity contribution is 6.52. The summed E-state index contributed by atoms with van der Waals surface area (Å²) in [6.07, 6.45) is 0. The van der Waals surface area contributed by atoms with Crippen molar-refractivity contribution in [3.63, 3.8) is 0 Å². The van der Waals surface area contributed by atoms with Crippen molar-refractivity contribution in [1.29, 1.82) is 0 Å². The Morgan fingerprint density at radius 3 is 1.00 bits per heavy atom. The van der Waals surface area contributed by atoms with E-state index in [4.69, 9.17) is 23.2 Å². The summed E-state index contributed by atoms with van der Waals surface area (Å²) in [5, 5.41) is 21.3. The molecule has 0 nitrogen and oxygen atoms in total. The molecule has 0 aromatic heterocycles. The summed E-state index contributed by atoms with van der Waals surface area (Å²) in [7, 11) is 0. The molecule has 2 heteroatoms. The van der Waals surface area contributed by atoms with Crippen LogP contribution in [0.4, 0.5) is 0 Å². The molecular weight excluding hydrogens is 479 g/mol. The highest BCUT2D eigenvalue weighted by Gasteiger charge is 2.23. The predicted molar refractivity (Wildman–Crippen MR) is 159 cm³/mol. The highest BCUT2D eigenvalue weighted by Crippen LogP contribution is 2.52. The van der Waals surface area contributed by atoms with Crippen LogP contribution in [0, 0.1) is 0 Å². The number of hydrogen-bond donors (Lipinski definition) is 0. The van der Waals surface area contributed by atoms with Gasteiger partial charge in [0.15, 0.2) is 0 Å². The van der Waals surface area contributed by atoms with Crippen LogP contribution in [0.15, 0.2) is 97.1 Å². The summed E-state index contributed by atoms with van der Waals surface area (Å²) < 4.78 is 0.